The second-order valence-electron chi connectivity index (χ2n) is 5.61. The van der Waals surface area contributed by atoms with Crippen LogP contribution < -0.4 is 5.32 Å². The Bertz CT molecular complexity index is 544. The molecule has 2 rings (SSSR count). The predicted molar refractivity (Wildman–Crippen MR) is 78.3 cm³/mol. The molecule has 114 valence electrons. The van der Waals surface area contributed by atoms with Crippen molar-refractivity contribution < 1.29 is 19.8 Å². The van der Waals surface area contributed by atoms with Gasteiger partial charge in [-0.1, -0.05) is 26.0 Å². The predicted octanol–water partition coefficient (Wildman–Crippen LogP) is 1.86. The van der Waals surface area contributed by atoms with Crippen LogP contribution in [0.4, 0.5) is 10.5 Å². The van der Waals surface area contributed by atoms with Gasteiger partial charge in [0.1, 0.15) is 6.04 Å². The Morgan fingerprint density at radius 2 is 2.10 bits per heavy atom. The van der Waals surface area contributed by atoms with Gasteiger partial charge in [0, 0.05) is 18.7 Å². The van der Waals surface area contributed by atoms with Crippen LogP contribution in [0.3, 0.4) is 0 Å². The maximum absolute atomic E-state index is 12.2. The molecule has 0 saturated carbocycles. The molecule has 1 aromatic rings. The number of benzene rings is 1. The fourth-order valence-corrected chi connectivity index (χ4v) is 2.44. The van der Waals surface area contributed by atoms with E-state index in [-0.39, 0.29) is 13.0 Å². The van der Waals surface area contributed by atoms with E-state index in [0.717, 1.165) is 10.5 Å². The van der Waals surface area contributed by atoms with Crippen molar-refractivity contribution in [2.45, 2.75) is 38.3 Å². The first kappa shape index (κ1) is 15.3. The smallest absolute Gasteiger partial charge is 0.326 e. The highest BCUT2D eigenvalue weighted by atomic mass is 16.4. The lowest BCUT2D eigenvalue weighted by atomic mass is 10.0. The normalized spacial score (nSPS) is 21.6. The number of anilines is 1. The van der Waals surface area contributed by atoms with Crippen LogP contribution in [0.2, 0.25) is 0 Å². The summed E-state index contributed by atoms with van der Waals surface area (Å²) in [5.74, 6) is -0.764. The molecule has 0 bridgehead atoms. The van der Waals surface area contributed by atoms with E-state index < -0.39 is 24.1 Å². The first-order valence-corrected chi connectivity index (χ1v) is 6.97. The molecule has 1 aromatic carbocycles. The van der Waals surface area contributed by atoms with E-state index in [1.165, 1.54) is 0 Å². The molecule has 1 fully saturated rings. The molecule has 0 aliphatic carbocycles. The summed E-state index contributed by atoms with van der Waals surface area (Å²) in [5, 5.41) is 21.4. The number of urea groups is 1. The molecular formula is C15H20N2O4. The summed E-state index contributed by atoms with van der Waals surface area (Å²) < 4.78 is 0. The molecule has 1 saturated heterocycles. The Hall–Kier alpha value is -2.08. The number of carboxylic acids is 1. The van der Waals surface area contributed by atoms with Crippen LogP contribution in [0.1, 0.15) is 31.7 Å². The van der Waals surface area contributed by atoms with Crippen LogP contribution in [0.25, 0.3) is 0 Å². The van der Waals surface area contributed by atoms with E-state index >= 15 is 0 Å². The number of aliphatic hydroxyl groups excluding tert-OH is 1. The summed E-state index contributed by atoms with van der Waals surface area (Å²) in [6.07, 6.45) is -0.728. The molecular weight excluding hydrogens is 272 g/mol. The first-order chi connectivity index (χ1) is 9.88. The first-order valence-electron chi connectivity index (χ1n) is 6.97. The third-order valence-corrected chi connectivity index (χ3v) is 3.63. The van der Waals surface area contributed by atoms with E-state index in [1.807, 2.05) is 18.2 Å². The lowest BCUT2D eigenvalue weighted by Gasteiger charge is -2.21. The molecule has 0 radical (unpaired) electrons. The number of hydrogen-bond acceptors (Lipinski definition) is 3. The number of nitrogens with one attached hydrogen (secondary N) is 1. The number of carbonyl (C=O) groups is 2. The van der Waals surface area contributed by atoms with Gasteiger partial charge in [-0.3, -0.25) is 0 Å². The summed E-state index contributed by atoms with van der Waals surface area (Å²) in [7, 11) is 0. The minimum atomic E-state index is -1.10. The van der Waals surface area contributed by atoms with Gasteiger partial charge in [0.2, 0.25) is 0 Å². The monoisotopic (exact) mass is 292 g/mol. The highest BCUT2D eigenvalue weighted by molar-refractivity contribution is 5.92. The lowest BCUT2D eigenvalue weighted by Crippen LogP contribution is -2.43. The van der Waals surface area contributed by atoms with Crippen LogP contribution >= 0.6 is 0 Å². The van der Waals surface area contributed by atoms with E-state index in [1.54, 1.807) is 6.07 Å². The quantitative estimate of drug-likeness (QED) is 0.793. The van der Waals surface area contributed by atoms with Crippen LogP contribution in [-0.2, 0) is 4.79 Å². The summed E-state index contributed by atoms with van der Waals surface area (Å²) >= 11 is 0. The van der Waals surface area contributed by atoms with Gasteiger partial charge < -0.3 is 20.4 Å². The maximum atomic E-state index is 12.2. The largest absolute Gasteiger partial charge is 0.480 e. The van der Waals surface area contributed by atoms with Crippen molar-refractivity contribution in [1.82, 2.24) is 4.90 Å². The second kappa shape index (κ2) is 6.13. The minimum absolute atomic E-state index is 0.0344. The van der Waals surface area contributed by atoms with Crippen molar-refractivity contribution in [1.29, 1.82) is 0 Å². The molecule has 0 aromatic heterocycles. The molecule has 1 heterocycles. The molecule has 0 spiro atoms. The molecule has 0 unspecified atom stereocenters. The molecule has 1 aliphatic heterocycles. The number of aliphatic hydroxyl groups is 1. The Morgan fingerprint density at radius 1 is 1.38 bits per heavy atom. The average molecular weight is 292 g/mol. The summed E-state index contributed by atoms with van der Waals surface area (Å²) in [5.41, 5.74) is 1.71. The van der Waals surface area contributed by atoms with E-state index in [9.17, 15) is 14.7 Å². The van der Waals surface area contributed by atoms with Crippen molar-refractivity contribution in [3.63, 3.8) is 0 Å². The lowest BCUT2D eigenvalue weighted by molar-refractivity contribution is -0.141. The van der Waals surface area contributed by atoms with Crippen molar-refractivity contribution in [2.75, 3.05) is 11.9 Å². The SMILES string of the molecule is CC(C)c1cccc(NC(=O)N2C[C@@H](O)C[C@H]2C(=O)O)c1. The number of likely N-dealkylation sites (tertiary alicyclic amines) is 1. The zero-order valence-corrected chi connectivity index (χ0v) is 12.1. The fourth-order valence-electron chi connectivity index (χ4n) is 2.44. The van der Waals surface area contributed by atoms with Gasteiger partial charge >= 0.3 is 12.0 Å². The number of carbonyl (C=O) groups excluding carboxylic acids is 1. The average Bonchev–Trinajstić information content (AvgIpc) is 2.81. The van der Waals surface area contributed by atoms with Crippen molar-refractivity contribution in [3.8, 4) is 0 Å². The summed E-state index contributed by atoms with van der Waals surface area (Å²) in [6, 6.07) is 5.96. The Balaban J connectivity index is 2.10. The van der Waals surface area contributed by atoms with Crippen LogP contribution in [-0.4, -0.2) is 45.8 Å². The van der Waals surface area contributed by atoms with Gasteiger partial charge in [-0.05, 0) is 23.6 Å². The van der Waals surface area contributed by atoms with Crippen molar-refractivity contribution in [3.05, 3.63) is 29.8 Å². The fraction of sp³-hybridized carbons (Fsp3) is 0.467. The number of aliphatic carboxylic acids is 1. The number of rotatable bonds is 3. The third-order valence-electron chi connectivity index (χ3n) is 3.63. The third kappa shape index (κ3) is 3.52. The van der Waals surface area contributed by atoms with Crippen LogP contribution in [0, 0.1) is 0 Å². The summed E-state index contributed by atoms with van der Waals surface area (Å²) in [6.45, 7) is 4.14. The van der Waals surface area contributed by atoms with Gasteiger partial charge in [0.05, 0.1) is 6.10 Å². The molecule has 2 atom stereocenters. The zero-order valence-electron chi connectivity index (χ0n) is 12.1. The van der Waals surface area contributed by atoms with Gasteiger partial charge in [-0.2, -0.15) is 0 Å². The molecule has 21 heavy (non-hydrogen) atoms. The zero-order chi connectivity index (χ0) is 15.6. The van der Waals surface area contributed by atoms with Gasteiger partial charge in [-0.15, -0.1) is 0 Å². The number of amides is 2. The van der Waals surface area contributed by atoms with E-state index in [4.69, 9.17) is 5.11 Å². The second-order valence-corrected chi connectivity index (χ2v) is 5.61. The molecule has 6 heteroatoms. The van der Waals surface area contributed by atoms with Crippen molar-refractivity contribution in [2.24, 2.45) is 0 Å². The maximum Gasteiger partial charge on any atom is 0.326 e. The number of nitrogens with zero attached hydrogens (tertiary/aromatic N) is 1. The molecule has 2 amide bonds. The van der Waals surface area contributed by atoms with Crippen LogP contribution in [0.15, 0.2) is 24.3 Å². The van der Waals surface area contributed by atoms with Crippen LogP contribution in [0.5, 0.6) is 0 Å². The molecule has 6 nitrogen and oxygen atoms in total. The standard InChI is InChI=1S/C15H20N2O4/c1-9(2)10-4-3-5-11(6-10)16-15(21)17-8-12(18)7-13(17)14(19)20/h3-6,9,12-13,18H,7-8H2,1-2H3,(H,16,21)(H,19,20)/t12-,13-/m0/s1. The van der Waals surface area contributed by atoms with Crippen molar-refractivity contribution >= 4 is 17.7 Å². The van der Waals surface area contributed by atoms with E-state index in [2.05, 4.69) is 19.2 Å². The highest BCUT2D eigenvalue weighted by Crippen LogP contribution is 2.22. The Morgan fingerprint density at radius 3 is 2.71 bits per heavy atom. The molecule has 3 N–H and O–H groups in total. The Labute approximate surface area is 123 Å². The summed E-state index contributed by atoms with van der Waals surface area (Å²) in [4.78, 5) is 24.5. The number of β-amino-alcohol motifs (C(OH)–C–C–N with tert-alkyl or cyclic N) is 1. The topological polar surface area (TPSA) is 89.9 Å². The van der Waals surface area contributed by atoms with Gasteiger partial charge in [0.25, 0.3) is 0 Å². The number of hydrogen-bond donors (Lipinski definition) is 3. The Kier molecular flexibility index (Phi) is 4.47. The minimum Gasteiger partial charge on any atom is -0.480 e. The van der Waals surface area contributed by atoms with E-state index in [0.29, 0.717) is 11.6 Å². The van der Waals surface area contributed by atoms with Gasteiger partial charge in [0.15, 0.2) is 0 Å². The number of carboxylic acid groups (broad SMARTS) is 1. The van der Waals surface area contributed by atoms with Gasteiger partial charge in [-0.25, -0.2) is 9.59 Å². The highest BCUT2D eigenvalue weighted by Gasteiger charge is 2.38. The molecule has 1 aliphatic rings.